The number of hydrogen-bond donors (Lipinski definition) is 2. The first-order chi connectivity index (χ1) is 12.9. The van der Waals surface area contributed by atoms with E-state index < -0.39 is 15.8 Å². The Hall–Kier alpha value is -1.51. The van der Waals surface area contributed by atoms with Crippen molar-refractivity contribution in [2.75, 3.05) is 13.1 Å². The predicted octanol–water partition coefficient (Wildman–Crippen LogP) is 2.57. The van der Waals surface area contributed by atoms with Crippen LogP contribution in [0.5, 0.6) is 0 Å². The van der Waals surface area contributed by atoms with Crippen LogP contribution in [0.25, 0.3) is 0 Å². The van der Waals surface area contributed by atoms with E-state index in [0.29, 0.717) is 32.0 Å². The van der Waals surface area contributed by atoms with Gasteiger partial charge in [-0.3, -0.25) is 10.2 Å². The first-order valence-electron chi connectivity index (χ1n) is 9.75. The minimum atomic E-state index is -3.66. The Balaban J connectivity index is 1.52. The maximum Gasteiger partial charge on any atom is 0.243 e. The molecule has 2 N–H and O–H groups in total. The van der Waals surface area contributed by atoms with Crippen LogP contribution in [-0.2, 0) is 14.8 Å². The maximum absolute atomic E-state index is 13.1. The van der Waals surface area contributed by atoms with E-state index in [9.17, 15) is 17.6 Å². The SMILES string of the molecule is O=C(CC1CCCN(S(=O)(=O)c2ccc(F)cc2)C1)NNC1CCCCC1. The quantitative estimate of drug-likeness (QED) is 0.723. The summed E-state index contributed by atoms with van der Waals surface area (Å²) in [4.78, 5) is 12.3. The molecule has 1 aliphatic carbocycles. The Bertz CT molecular complexity index is 733. The molecular weight excluding hydrogens is 369 g/mol. The fourth-order valence-electron chi connectivity index (χ4n) is 3.91. The minimum absolute atomic E-state index is 0.0119. The van der Waals surface area contributed by atoms with E-state index in [1.807, 2.05) is 0 Å². The average molecular weight is 398 g/mol. The van der Waals surface area contributed by atoms with Gasteiger partial charge in [-0.1, -0.05) is 19.3 Å². The van der Waals surface area contributed by atoms with Crippen molar-refractivity contribution in [1.29, 1.82) is 0 Å². The van der Waals surface area contributed by atoms with Crippen LogP contribution in [0, 0.1) is 11.7 Å². The summed E-state index contributed by atoms with van der Waals surface area (Å²) in [5.41, 5.74) is 5.91. The van der Waals surface area contributed by atoms with Crippen molar-refractivity contribution in [2.45, 2.75) is 62.3 Å². The number of nitrogens with zero attached hydrogens (tertiary/aromatic N) is 1. The number of hydrazine groups is 1. The van der Waals surface area contributed by atoms with Gasteiger partial charge < -0.3 is 0 Å². The van der Waals surface area contributed by atoms with Crippen LogP contribution < -0.4 is 10.9 Å². The van der Waals surface area contributed by atoms with Crippen molar-refractivity contribution < 1.29 is 17.6 Å². The smallest absolute Gasteiger partial charge is 0.243 e. The van der Waals surface area contributed by atoms with Crippen LogP contribution in [0.3, 0.4) is 0 Å². The van der Waals surface area contributed by atoms with Gasteiger partial charge in [-0.25, -0.2) is 18.2 Å². The summed E-state index contributed by atoms with van der Waals surface area (Å²) >= 11 is 0. The fourth-order valence-corrected chi connectivity index (χ4v) is 5.46. The van der Waals surface area contributed by atoms with Gasteiger partial charge in [0.15, 0.2) is 0 Å². The van der Waals surface area contributed by atoms with E-state index in [1.54, 1.807) is 0 Å². The maximum atomic E-state index is 13.1. The van der Waals surface area contributed by atoms with E-state index in [0.717, 1.165) is 31.4 Å². The van der Waals surface area contributed by atoms with Crippen LogP contribution in [-0.4, -0.2) is 37.8 Å². The monoisotopic (exact) mass is 397 g/mol. The molecule has 6 nitrogen and oxygen atoms in total. The van der Waals surface area contributed by atoms with Crippen LogP contribution >= 0.6 is 0 Å². The Morgan fingerprint density at radius 2 is 1.78 bits per heavy atom. The van der Waals surface area contributed by atoms with Gasteiger partial charge in [0.1, 0.15) is 5.82 Å². The van der Waals surface area contributed by atoms with Gasteiger partial charge >= 0.3 is 0 Å². The topological polar surface area (TPSA) is 78.5 Å². The molecule has 1 heterocycles. The molecule has 3 rings (SSSR count). The molecule has 0 radical (unpaired) electrons. The van der Waals surface area contributed by atoms with Crippen LogP contribution in [0.2, 0.25) is 0 Å². The molecule has 1 amide bonds. The summed E-state index contributed by atoms with van der Waals surface area (Å²) < 4.78 is 40.0. The van der Waals surface area contributed by atoms with Gasteiger partial charge in [0.05, 0.1) is 4.90 Å². The van der Waals surface area contributed by atoms with Gasteiger partial charge in [-0.05, 0) is 55.9 Å². The average Bonchev–Trinajstić information content (AvgIpc) is 2.68. The van der Waals surface area contributed by atoms with Crippen molar-refractivity contribution in [1.82, 2.24) is 15.2 Å². The zero-order valence-corrected chi connectivity index (χ0v) is 16.3. The molecule has 0 spiro atoms. The minimum Gasteiger partial charge on any atom is -0.291 e. The molecule has 0 aromatic heterocycles. The van der Waals surface area contributed by atoms with Crippen molar-refractivity contribution >= 4 is 15.9 Å². The number of carbonyl (C=O) groups is 1. The zero-order chi connectivity index (χ0) is 19.3. The molecule has 2 fully saturated rings. The van der Waals surface area contributed by atoms with Crippen molar-refractivity contribution in [3.63, 3.8) is 0 Å². The van der Waals surface area contributed by atoms with Gasteiger partial charge in [0.2, 0.25) is 15.9 Å². The largest absolute Gasteiger partial charge is 0.291 e. The summed E-state index contributed by atoms with van der Waals surface area (Å²) in [5, 5.41) is 0. The first-order valence-corrected chi connectivity index (χ1v) is 11.2. The molecule has 1 atom stereocenters. The lowest BCUT2D eigenvalue weighted by Crippen LogP contribution is -2.47. The number of hydrogen-bond acceptors (Lipinski definition) is 4. The second kappa shape index (κ2) is 9.12. The number of sulfonamides is 1. The molecule has 1 aromatic rings. The Kier molecular flexibility index (Phi) is 6.83. The Morgan fingerprint density at radius 3 is 2.48 bits per heavy atom. The third kappa shape index (κ3) is 5.49. The van der Waals surface area contributed by atoms with Crippen molar-refractivity contribution in [3.8, 4) is 0 Å². The van der Waals surface area contributed by atoms with Crippen LogP contribution in [0.1, 0.15) is 51.4 Å². The van der Waals surface area contributed by atoms with E-state index in [2.05, 4.69) is 10.9 Å². The Labute approximate surface area is 160 Å². The lowest BCUT2D eigenvalue weighted by Gasteiger charge is -2.32. The summed E-state index contributed by atoms with van der Waals surface area (Å²) in [6.07, 6.45) is 7.63. The van der Waals surface area contributed by atoms with E-state index in [4.69, 9.17) is 0 Å². The number of amides is 1. The molecule has 1 saturated carbocycles. The zero-order valence-electron chi connectivity index (χ0n) is 15.5. The highest BCUT2D eigenvalue weighted by molar-refractivity contribution is 7.89. The highest BCUT2D eigenvalue weighted by Crippen LogP contribution is 2.25. The molecule has 150 valence electrons. The highest BCUT2D eigenvalue weighted by atomic mass is 32.2. The third-order valence-electron chi connectivity index (χ3n) is 5.43. The number of rotatable bonds is 6. The van der Waals surface area contributed by atoms with E-state index >= 15 is 0 Å². The molecule has 2 aliphatic rings. The van der Waals surface area contributed by atoms with E-state index in [-0.39, 0.29) is 16.7 Å². The standard InChI is InChI=1S/C19H28FN3O3S/c20-16-8-10-18(11-9-16)27(25,26)23-12-4-5-15(14-23)13-19(24)22-21-17-6-2-1-3-7-17/h8-11,15,17,21H,1-7,12-14H2,(H,22,24). The second-order valence-electron chi connectivity index (χ2n) is 7.56. The van der Waals surface area contributed by atoms with Gasteiger partial charge in [-0.2, -0.15) is 4.31 Å². The van der Waals surface area contributed by atoms with Crippen molar-refractivity contribution in [3.05, 3.63) is 30.1 Å². The van der Waals surface area contributed by atoms with E-state index in [1.165, 1.54) is 35.7 Å². The molecule has 1 unspecified atom stereocenters. The molecule has 1 aromatic carbocycles. The normalized spacial score (nSPS) is 22.5. The molecule has 0 bridgehead atoms. The lowest BCUT2D eigenvalue weighted by molar-refractivity contribution is -0.123. The van der Waals surface area contributed by atoms with Crippen LogP contribution in [0.15, 0.2) is 29.2 Å². The number of carbonyl (C=O) groups excluding carboxylic acids is 1. The summed E-state index contributed by atoms with van der Waals surface area (Å²) in [6, 6.07) is 5.21. The lowest BCUT2D eigenvalue weighted by atomic mass is 9.95. The number of halogens is 1. The summed E-state index contributed by atoms with van der Waals surface area (Å²) in [6.45, 7) is 0.745. The summed E-state index contributed by atoms with van der Waals surface area (Å²) in [5.74, 6) is -0.568. The molecule has 27 heavy (non-hydrogen) atoms. The third-order valence-corrected chi connectivity index (χ3v) is 7.31. The molecule has 1 saturated heterocycles. The number of benzene rings is 1. The summed E-state index contributed by atoms with van der Waals surface area (Å²) in [7, 11) is -3.66. The van der Waals surface area contributed by atoms with Gasteiger partial charge in [0.25, 0.3) is 0 Å². The number of nitrogens with one attached hydrogen (secondary N) is 2. The van der Waals surface area contributed by atoms with Gasteiger partial charge in [-0.15, -0.1) is 0 Å². The molecular formula is C19H28FN3O3S. The predicted molar refractivity (Wildman–Crippen MR) is 101 cm³/mol. The second-order valence-corrected chi connectivity index (χ2v) is 9.49. The molecule has 8 heteroatoms. The fraction of sp³-hybridized carbons (Fsp3) is 0.632. The Morgan fingerprint density at radius 1 is 1.07 bits per heavy atom. The van der Waals surface area contributed by atoms with Gasteiger partial charge in [0, 0.05) is 25.6 Å². The first kappa shape index (κ1) is 20.2. The molecule has 1 aliphatic heterocycles. The van der Waals surface area contributed by atoms with Crippen LogP contribution in [0.4, 0.5) is 4.39 Å². The highest BCUT2D eigenvalue weighted by Gasteiger charge is 2.31. The van der Waals surface area contributed by atoms with Crippen molar-refractivity contribution in [2.24, 2.45) is 5.92 Å². The number of piperidine rings is 1.